The molecule has 0 unspecified atom stereocenters. The molecule has 1 aromatic rings. The van der Waals surface area contributed by atoms with E-state index in [9.17, 15) is 14.9 Å². The van der Waals surface area contributed by atoms with E-state index in [1.807, 2.05) is 0 Å². The fraction of sp³-hybridized carbons (Fsp3) is 0.222. The van der Waals surface area contributed by atoms with E-state index in [-0.39, 0.29) is 17.3 Å². The fourth-order valence-electron chi connectivity index (χ4n) is 1.02. The Morgan fingerprint density at radius 3 is 2.81 bits per heavy atom. The molecule has 86 valence electrons. The number of halogens is 1. The van der Waals surface area contributed by atoms with E-state index in [0.29, 0.717) is 5.69 Å². The third-order valence-electron chi connectivity index (χ3n) is 1.67. The van der Waals surface area contributed by atoms with Crippen LogP contribution in [0, 0.1) is 10.1 Å². The van der Waals surface area contributed by atoms with Gasteiger partial charge in [-0.05, 0) is 19.1 Å². The lowest BCUT2D eigenvalue weighted by Crippen LogP contribution is -2.13. The molecular formula is C9H9ClN2O4. The lowest BCUT2D eigenvalue weighted by molar-refractivity contribution is -0.384. The SMILES string of the molecule is CCOC(=O)Nc1ccc([N+](=O)[O-])c(Cl)c1. The van der Waals surface area contributed by atoms with Gasteiger partial charge in [-0.1, -0.05) is 11.6 Å². The average molecular weight is 245 g/mol. The first-order chi connectivity index (χ1) is 7.54. The molecule has 6 nitrogen and oxygen atoms in total. The zero-order valence-electron chi connectivity index (χ0n) is 8.40. The number of carbonyl (C=O) groups is 1. The molecule has 0 fully saturated rings. The third kappa shape index (κ3) is 3.09. The molecular weight excluding hydrogens is 236 g/mol. The number of nitro benzene ring substituents is 1. The molecule has 1 N–H and O–H groups in total. The highest BCUT2D eigenvalue weighted by molar-refractivity contribution is 6.33. The number of anilines is 1. The second-order valence-electron chi connectivity index (χ2n) is 2.77. The van der Waals surface area contributed by atoms with Gasteiger partial charge in [0.15, 0.2) is 0 Å². The number of hydrogen-bond acceptors (Lipinski definition) is 4. The van der Waals surface area contributed by atoms with E-state index < -0.39 is 11.0 Å². The molecule has 0 atom stereocenters. The highest BCUT2D eigenvalue weighted by Gasteiger charge is 2.13. The zero-order chi connectivity index (χ0) is 12.1. The van der Waals surface area contributed by atoms with Crippen molar-refractivity contribution in [3.05, 3.63) is 33.3 Å². The van der Waals surface area contributed by atoms with E-state index in [0.717, 1.165) is 0 Å². The lowest BCUT2D eigenvalue weighted by atomic mass is 10.3. The number of rotatable bonds is 3. The van der Waals surface area contributed by atoms with Crippen LogP contribution in [0.5, 0.6) is 0 Å². The Morgan fingerprint density at radius 1 is 1.62 bits per heavy atom. The summed E-state index contributed by atoms with van der Waals surface area (Å²) in [6.07, 6.45) is -0.632. The summed E-state index contributed by atoms with van der Waals surface area (Å²) in [4.78, 5) is 20.9. The first-order valence-electron chi connectivity index (χ1n) is 4.42. The van der Waals surface area contributed by atoms with Gasteiger partial charge in [-0.3, -0.25) is 15.4 Å². The molecule has 0 aliphatic rings. The topological polar surface area (TPSA) is 81.5 Å². The normalized spacial score (nSPS) is 9.62. The Kier molecular flexibility index (Phi) is 4.07. The number of amides is 1. The Bertz CT molecular complexity index is 422. The van der Waals surface area contributed by atoms with Crippen molar-refractivity contribution < 1.29 is 14.5 Å². The van der Waals surface area contributed by atoms with E-state index in [2.05, 4.69) is 10.1 Å². The molecule has 0 spiro atoms. The maximum atomic E-state index is 11.0. The van der Waals surface area contributed by atoms with Crippen LogP contribution in [0.15, 0.2) is 18.2 Å². The minimum absolute atomic E-state index is 0.0423. The molecule has 0 radical (unpaired) electrons. The predicted octanol–water partition coefficient (Wildman–Crippen LogP) is 2.82. The van der Waals surface area contributed by atoms with Gasteiger partial charge in [0, 0.05) is 11.8 Å². The van der Waals surface area contributed by atoms with Gasteiger partial charge >= 0.3 is 6.09 Å². The number of carbonyl (C=O) groups excluding carboxylic acids is 1. The van der Waals surface area contributed by atoms with Gasteiger partial charge in [-0.15, -0.1) is 0 Å². The van der Waals surface area contributed by atoms with Crippen molar-refractivity contribution in [2.75, 3.05) is 11.9 Å². The number of nitrogens with zero attached hydrogens (tertiary/aromatic N) is 1. The van der Waals surface area contributed by atoms with Crippen molar-refractivity contribution >= 4 is 29.1 Å². The van der Waals surface area contributed by atoms with Gasteiger partial charge < -0.3 is 4.74 Å². The minimum Gasteiger partial charge on any atom is -0.450 e. The number of hydrogen-bond donors (Lipinski definition) is 1. The number of nitro groups is 1. The van der Waals surface area contributed by atoms with Gasteiger partial charge in [-0.2, -0.15) is 0 Å². The average Bonchev–Trinajstić information content (AvgIpc) is 2.17. The van der Waals surface area contributed by atoms with Crippen LogP contribution in [0.2, 0.25) is 5.02 Å². The van der Waals surface area contributed by atoms with Crippen LogP contribution >= 0.6 is 11.6 Å². The lowest BCUT2D eigenvalue weighted by Gasteiger charge is -2.05. The van der Waals surface area contributed by atoms with Gasteiger partial charge in [-0.25, -0.2) is 4.79 Å². The van der Waals surface area contributed by atoms with E-state index >= 15 is 0 Å². The molecule has 1 amide bonds. The van der Waals surface area contributed by atoms with E-state index in [1.54, 1.807) is 6.92 Å². The van der Waals surface area contributed by atoms with Gasteiger partial charge in [0.2, 0.25) is 0 Å². The van der Waals surface area contributed by atoms with Crippen LogP contribution in [0.3, 0.4) is 0 Å². The van der Waals surface area contributed by atoms with Crippen molar-refractivity contribution in [2.24, 2.45) is 0 Å². The van der Waals surface area contributed by atoms with E-state index in [4.69, 9.17) is 11.6 Å². The Labute approximate surface area is 96.3 Å². The summed E-state index contributed by atoms with van der Waals surface area (Å²) < 4.78 is 4.64. The number of benzene rings is 1. The third-order valence-corrected chi connectivity index (χ3v) is 1.97. The zero-order valence-corrected chi connectivity index (χ0v) is 9.15. The summed E-state index contributed by atoms with van der Waals surface area (Å²) in [5.41, 5.74) is 0.130. The fourth-order valence-corrected chi connectivity index (χ4v) is 1.27. The first-order valence-corrected chi connectivity index (χ1v) is 4.80. The molecule has 0 saturated heterocycles. The smallest absolute Gasteiger partial charge is 0.411 e. The molecule has 0 aliphatic heterocycles. The van der Waals surface area contributed by atoms with Gasteiger partial charge in [0.1, 0.15) is 5.02 Å². The molecule has 0 aliphatic carbocycles. The van der Waals surface area contributed by atoms with Gasteiger partial charge in [0.25, 0.3) is 5.69 Å². The van der Waals surface area contributed by atoms with E-state index in [1.165, 1.54) is 18.2 Å². The van der Waals surface area contributed by atoms with Crippen LogP contribution in [0.4, 0.5) is 16.2 Å². The summed E-state index contributed by atoms with van der Waals surface area (Å²) in [5.74, 6) is 0. The van der Waals surface area contributed by atoms with Crippen LogP contribution in [-0.4, -0.2) is 17.6 Å². The quantitative estimate of drug-likeness (QED) is 0.655. The number of ether oxygens (including phenoxy) is 1. The molecule has 7 heteroatoms. The molecule has 0 bridgehead atoms. The molecule has 1 aromatic carbocycles. The van der Waals surface area contributed by atoms with Gasteiger partial charge in [0.05, 0.1) is 11.5 Å². The number of nitrogens with one attached hydrogen (secondary N) is 1. The van der Waals surface area contributed by atoms with Crippen molar-refractivity contribution in [2.45, 2.75) is 6.92 Å². The maximum absolute atomic E-state index is 11.0. The Hall–Kier alpha value is -1.82. The van der Waals surface area contributed by atoms with Crippen LogP contribution in [0.25, 0.3) is 0 Å². The standard InChI is InChI=1S/C9H9ClN2O4/c1-2-16-9(13)11-6-3-4-8(12(14)15)7(10)5-6/h3-5H,2H2,1H3,(H,11,13). The highest BCUT2D eigenvalue weighted by atomic mass is 35.5. The molecule has 1 rings (SSSR count). The van der Waals surface area contributed by atoms with Crippen LogP contribution in [0.1, 0.15) is 6.92 Å². The molecule has 0 heterocycles. The van der Waals surface area contributed by atoms with Crippen molar-refractivity contribution in [3.8, 4) is 0 Å². The largest absolute Gasteiger partial charge is 0.450 e. The summed E-state index contributed by atoms with van der Waals surface area (Å²) in [7, 11) is 0. The summed E-state index contributed by atoms with van der Waals surface area (Å²) in [6.45, 7) is 1.91. The maximum Gasteiger partial charge on any atom is 0.411 e. The summed E-state index contributed by atoms with van der Waals surface area (Å²) in [5, 5.41) is 12.8. The van der Waals surface area contributed by atoms with Crippen molar-refractivity contribution in [1.29, 1.82) is 0 Å². The van der Waals surface area contributed by atoms with Crippen molar-refractivity contribution in [1.82, 2.24) is 0 Å². The minimum atomic E-state index is -0.632. The molecule has 0 saturated carbocycles. The molecule has 16 heavy (non-hydrogen) atoms. The summed E-state index contributed by atoms with van der Waals surface area (Å²) >= 11 is 5.65. The van der Waals surface area contributed by atoms with Crippen LogP contribution in [-0.2, 0) is 4.74 Å². The predicted molar refractivity (Wildman–Crippen MR) is 58.8 cm³/mol. The highest BCUT2D eigenvalue weighted by Crippen LogP contribution is 2.27. The monoisotopic (exact) mass is 244 g/mol. The second-order valence-corrected chi connectivity index (χ2v) is 3.18. The Balaban J connectivity index is 2.81. The summed E-state index contributed by atoms with van der Waals surface area (Å²) in [6, 6.07) is 3.88. The first kappa shape index (κ1) is 12.3. The second kappa shape index (κ2) is 5.32. The molecule has 0 aromatic heterocycles. The van der Waals surface area contributed by atoms with Crippen LogP contribution < -0.4 is 5.32 Å². The Morgan fingerprint density at radius 2 is 2.31 bits per heavy atom. The van der Waals surface area contributed by atoms with Crippen molar-refractivity contribution in [3.63, 3.8) is 0 Å².